The van der Waals surface area contributed by atoms with E-state index in [4.69, 9.17) is 9.47 Å². The van der Waals surface area contributed by atoms with Gasteiger partial charge in [0.25, 0.3) is 5.91 Å². The number of amides is 5. The number of aliphatic hydroxyl groups is 4. The van der Waals surface area contributed by atoms with Gasteiger partial charge in [0.05, 0.1) is 17.9 Å². The first-order valence-corrected chi connectivity index (χ1v) is 19.2. The van der Waals surface area contributed by atoms with Gasteiger partial charge in [0.2, 0.25) is 29.9 Å². The normalized spacial score (nSPS) is 27.8. The summed E-state index contributed by atoms with van der Waals surface area (Å²) in [7, 11) is 2.94. The summed E-state index contributed by atoms with van der Waals surface area (Å²) in [5.74, 6) is -2.82. The van der Waals surface area contributed by atoms with Gasteiger partial charge in [0.15, 0.2) is 0 Å². The van der Waals surface area contributed by atoms with Crippen molar-refractivity contribution < 1.29 is 53.9 Å². The second-order valence-electron chi connectivity index (χ2n) is 15.2. The minimum atomic E-state index is -1.63. The van der Waals surface area contributed by atoms with Crippen molar-refractivity contribution >= 4 is 35.2 Å². The number of hydrogen-bond acceptors (Lipinski definition) is 11. The number of fused-ring (bicyclic) bond motifs is 1. The van der Waals surface area contributed by atoms with Gasteiger partial charge in [-0.3, -0.25) is 24.0 Å². The molecule has 58 heavy (non-hydrogen) atoms. The Morgan fingerprint density at radius 3 is 1.95 bits per heavy atom. The third-order valence-corrected chi connectivity index (χ3v) is 10.4. The number of ether oxygens (including phenoxy) is 2. The van der Waals surface area contributed by atoms with Crippen LogP contribution in [0.15, 0.2) is 78.9 Å². The van der Waals surface area contributed by atoms with E-state index in [1.165, 1.54) is 55.1 Å². The van der Waals surface area contributed by atoms with E-state index >= 15 is 0 Å². The lowest BCUT2D eigenvalue weighted by atomic mass is 9.98. The van der Waals surface area contributed by atoms with E-state index in [2.05, 4.69) is 16.0 Å². The van der Waals surface area contributed by atoms with Gasteiger partial charge in [-0.15, -0.1) is 0 Å². The molecule has 0 aromatic heterocycles. The van der Waals surface area contributed by atoms with Crippen LogP contribution in [0.1, 0.15) is 48.7 Å². The topological polar surface area (TPSA) is 227 Å². The van der Waals surface area contributed by atoms with Gasteiger partial charge in [-0.2, -0.15) is 0 Å². The smallest absolute Gasteiger partial charge is 0.254 e. The van der Waals surface area contributed by atoms with E-state index in [0.29, 0.717) is 5.56 Å². The quantitative estimate of drug-likeness (QED) is 0.159. The molecule has 1 fully saturated rings. The zero-order valence-corrected chi connectivity index (χ0v) is 33.1. The molecule has 2 aliphatic rings. The number of hydrogen-bond donors (Lipinski definition) is 7. The molecule has 2 heterocycles. The molecule has 16 heteroatoms. The van der Waals surface area contributed by atoms with E-state index < -0.39 is 91.0 Å². The van der Waals surface area contributed by atoms with Crippen LogP contribution in [0, 0.1) is 5.92 Å². The molecular weight excluding hydrogens is 750 g/mol. The summed E-state index contributed by atoms with van der Waals surface area (Å²) in [6.07, 6.45) is -7.08. The molecule has 0 saturated carbocycles. The van der Waals surface area contributed by atoms with Crippen molar-refractivity contribution in [2.75, 3.05) is 26.0 Å². The summed E-state index contributed by atoms with van der Waals surface area (Å²) in [5.41, 5.74) is 1.56. The first-order valence-electron chi connectivity index (χ1n) is 19.2. The van der Waals surface area contributed by atoms with Gasteiger partial charge >= 0.3 is 0 Å². The fraction of sp³-hybridized carbons (Fsp3) is 0.452. The molecule has 3 aromatic carbocycles. The monoisotopic (exact) mass is 803 g/mol. The number of benzene rings is 3. The molecule has 7 N–H and O–H groups in total. The van der Waals surface area contributed by atoms with Gasteiger partial charge in [0, 0.05) is 26.9 Å². The van der Waals surface area contributed by atoms with Crippen LogP contribution in [0.3, 0.4) is 0 Å². The molecule has 16 nitrogen and oxygen atoms in total. The molecule has 5 rings (SSSR count). The lowest BCUT2D eigenvalue weighted by Gasteiger charge is -2.39. The van der Waals surface area contributed by atoms with Crippen LogP contribution in [0.25, 0.3) is 0 Å². The molecule has 9 unspecified atom stereocenters. The third-order valence-electron chi connectivity index (χ3n) is 10.4. The Bertz CT molecular complexity index is 1910. The first-order chi connectivity index (χ1) is 27.6. The SMILES string of the molecule is CC(C)CC1NC(=O)C(Cc2ccccc2)N(C)C(=O)C(C)NC(=O)c2ccccc2NC(=O)C(Cc2ccc(OC3OC(CO)C(O)C(O)C3O)cc2)N(C)C1=O. The Kier molecular flexibility index (Phi) is 14.6. The summed E-state index contributed by atoms with van der Waals surface area (Å²) >= 11 is 0. The van der Waals surface area contributed by atoms with Crippen molar-refractivity contribution in [1.29, 1.82) is 0 Å². The number of nitrogens with one attached hydrogen (secondary N) is 3. The van der Waals surface area contributed by atoms with Gasteiger partial charge in [-0.25, -0.2) is 0 Å². The number of para-hydroxylation sites is 1. The van der Waals surface area contributed by atoms with Crippen LogP contribution in [-0.2, 0) is 36.8 Å². The highest BCUT2D eigenvalue weighted by Gasteiger charge is 2.45. The highest BCUT2D eigenvalue weighted by atomic mass is 16.7. The van der Waals surface area contributed by atoms with Gasteiger partial charge in [-0.05, 0) is 54.7 Å². The molecule has 0 spiro atoms. The van der Waals surface area contributed by atoms with Gasteiger partial charge in [-0.1, -0.05) is 68.4 Å². The zero-order valence-electron chi connectivity index (χ0n) is 33.1. The minimum absolute atomic E-state index is 0.0317. The molecule has 5 amide bonds. The van der Waals surface area contributed by atoms with Crippen molar-refractivity contribution in [3.63, 3.8) is 0 Å². The van der Waals surface area contributed by atoms with Gasteiger partial charge < -0.3 is 55.7 Å². The van der Waals surface area contributed by atoms with E-state index in [9.17, 15) is 44.4 Å². The van der Waals surface area contributed by atoms with Crippen LogP contribution < -0.4 is 20.7 Å². The summed E-state index contributed by atoms with van der Waals surface area (Å²) < 4.78 is 11.2. The average molecular weight is 804 g/mol. The molecule has 9 atom stereocenters. The lowest BCUT2D eigenvalue weighted by Crippen LogP contribution is -2.60. The van der Waals surface area contributed by atoms with Crippen molar-refractivity contribution in [3.05, 3.63) is 95.6 Å². The van der Waals surface area contributed by atoms with Crippen LogP contribution in [0.5, 0.6) is 5.75 Å². The van der Waals surface area contributed by atoms with Gasteiger partial charge in [0.1, 0.15) is 54.3 Å². The summed E-state index contributed by atoms with van der Waals surface area (Å²) in [6.45, 7) is 4.68. The third kappa shape index (κ3) is 10.4. The van der Waals surface area contributed by atoms with Crippen LogP contribution in [0.2, 0.25) is 0 Å². The number of anilines is 1. The van der Waals surface area contributed by atoms with Crippen molar-refractivity contribution in [1.82, 2.24) is 20.4 Å². The van der Waals surface area contributed by atoms with E-state index in [0.717, 1.165) is 5.56 Å². The Labute approximate surface area is 337 Å². The molecule has 0 radical (unpaired) electrons. The number of nitrogens with zero attached hydrogens (tertiary/aromatic N) is 2. The molecule has 0 bridgehead atoms. The summed E-state index contributed by atoms with van der Waals surface area (Å²) in [6, 6.07) is 17.3. The van der Waals surface area contributed by atoms with E-state index in [1.54, 1.807) is 24.3 Å². The summed E-state index contributed by atoms with van der Waals surface area (Å²) in [5, 5.41) is 48.7. The molecule has 2 aliphatic heterocycles. The highest BCUT2D eigenvalue weighted by molar-refractivity contribution is 6.07. The van der Waals surface area contributed by atoms with Crippen molar-refractivity contribution in [2.24, 2.45) is 5.92 Å². The highest BCUT2D eigenvalue weighted by Crippen LogP contribution is 2.26. The zero-order chi connectivity index (χ0) is 42.3. The number of rotatable bonds is 9. The lowest BCUT2D eigenvalue weighted by molar-refractivity contribution is -0.277. The predicted octanol–water partition coefficient (Wildman–Crippen LogP) is 0.606. The fourth-order valence-corrected chi connectivity index (χ4v) is 7.04. The van der Waals surface area contributed by atoms with E-state index in [-0.39, 0.29) is 42.2 Å². The average Bonchev–Trinajstić information content (AvgIpc) is 3.21. The first kappa shape index (κ1) is 43.7. The van der Waals surface area contributed by atoms with Crippen LogP contribution >= 0.6 is 0 Å². The molecule has 3 aromatic rings. The Hall–Kier alpha value is -5.39. The largest absolute Gasteiger partial charge is 0.462 e. The number of likely N-dealkylation sites (N-methyl/N-ethyl adjacent to an activating group) is 2. The summed E-state index contributed by atoms with van der Waals surface area (Å²) in [4.78, 5) is 73.0. The number of aliphatic hydroxyl groups excluding tert-OH is 4. The van der Waals surface area contributed by atoms with E-state index in [1.807, 2.05) is 44.2 Å². The Morgan fingerprint density at radius 2 is 1.31 bits per heavy atom. The molecule has 312 valence electrons. The van der Waals surface area contributed by atoms with Crippen molar-refractivity contribution in [2.45, 2.75) is 94.9 Å². The van der Waals surface area contributed by atoms with Crippen molar-refractivity contribution in [3.8, 4) is 5.75 Å². The second-order valence-corrected chi connectivity index (χ2v) is 15.2. The van der Waals surface area contributed by atoms with Crippen LogP contribution in [0.4, 0.5) is 5.69 Å². The fourth-order valence-electron chi connectivity index (χ4n) is 7.04. The molecule has 1 saturated heterocycles. The standard InChI is InChI=1S/C42H53N5O11/c1-23(2)19-30-41(56)47(5)32(21-26-15-17-27(18-16-26)57-42-36(51)35(50)34(49)33(22-48)58-42)38(53)44-29-14-10-9-13-28(29)37(52)43-24(3)40(55)46(4)31(39(54)45-30)20-25-11-7-6-8-12-25/h6-18,23-24,30-36,42,48-51H,19-22H2,1-5H3,(H,43,52)(H,44,53)(H,45,54). The number of carbonyl (C=O) groups is 5. The Balaban J connectivity index is 1.49. The number of carbonyl (C=O) groups excluding carboxylic acids is 5. The van der Waals surface area contributed by atoms with Crippen LogP contribution in [-0.4, -0.2) is 135 Å². The Morgan fingerprint density at radius 1 is 0.724 bits per heavy atom. The predicted molar refractivity (Wildman–Crippen MR) is 211 cm³/mol. The maximum atomic E-state index is 14.5. The molecule has 0 aliphatic carbocycles. The second kappa shape index (κ2) is 19.4. The maximum Gasteiger partial charge on any atom is 0.254 e. The molecular formula is C42H53N5O11. The maximum absolute atomic E-state index is 14.5. The minimum Gasteiger partial charge on any atom is -0.462 e.